The Bertz CT molecular complexity index is 372. The highest BCUT2D eigenvalue weighted by Gasteiger charge is 2.36. The second-order valence-electron chi connectivity index (χ2n) is 3.22. The van der Waals surface area contributed by atoms with Crippen LogP contribution in [0.15, 0.2) is 5.57 Å². The summed E-state index contributed by atoms with van der Waals surface area (Å²) < 4.78 is 25.7. The summed E-state index contributed by atoms with van der Waals surface area (Å²) in [6.07, 6.45) is 0. The van der Waals surface area contributed by atoms with E-state index in [9.17, 15) is 19.0 Å². The minimum absolute atomic E-state index is 0.0479. The zero-order valence-electron chi connectivity index (χ0n) is 10.5. The summed E-state index contributed by atoms with van der Waals surface area (Å²) in [6.45, 7) is 4.40. The van der Waals surface area contributed by atoms with Gasteiger partial charge in [0.15, 0.2) is 6.79 Å². The van der Waals surface area contributed by atoms with Crippen LogP contribution in [-0.2, 0) is 28.2 Å². The molecule has 0 bridgehead atoms. The summed E-state index contributed by atoms with van der Waals surface area (Å²) >= 11 is 0. The Hall–Kier alpha value is -0.970. The number of rotatable bonds is 8. The van der Waals surface area contributed by atoms with Crippen LogP contribution >= 0.6 is 7.60 Å². The van der Waals surface area contributed by atoms with Gasteiger partial charge in [-0.25, -0.2) is 9.59 Å². The SMILES string of the molecule is CCOCOP(=O)(O)C(C)C(=C=O)C(=O)OCC. The summed E-state index contributed by atoms with van der Waals surface area (Å²) in [4.78, 5) is 31.6. The third kappa shape index (κ3) is 5.12. The molecule has 8 heteroatoms. The first-order valence-corrected chi connectivity index (χ1v) is 7.02. The predicted molar refractivity (Wildman–Crippen MR) is 62.7 cm³/mol. The van der Waals surface area contributed by atoms with Gasteiger partial charge in [-0.15, -0.1) is 0 Å². The molecule has 0 aromatic heterocycles. The van der Waals surface area contributed by atoms with Crippen LogP contribution in [0.3, 0.4) is 0 Å². The largest absolute Gasteiger partial charge is 0.462 e. The molecular weight excluding hydrogens is 263 g/mol. The molecule has 0 aromatic carbocycles. The van der Waals surface area contributed by atoms with Crippen LogP contribution in [-0.4, -0.2) is 42.5 Å². The van der Waals surface area contributed by atoms with Gasteiger partial charge in [0.05, 0.1) is 6.61 Å². The number of carbonyl (C=O) groups is 1. The van der Waals surface area contributed by atoms with E-state index in [0.717, 1.165) is 0 Å². The summed E-state index contributed by atoms with van der Waals surface area (Å²) in [5.41, 5.74) is -1.88. The van der Waals surface area contributed by atoms with Crippen molar-refractivity contribution in [3.05, 3.63) is 5.57 Å². The summed E-state index contributed by atoms with van der Waals surface area (Å²) in [6, 6.07) is 0. The molecule has 104 valence electrons. The van der Waals surface area contributed by atoms with Crippen molar-refractivity contribution in [3.8, 4) is 0 Å². The summed E-state index contributed by atoms with van der Waals surface area (Å²) in [5.74, 6) is 0.345. The molecule has 1 N–H and O–H groups in total. The monoisotopic (exact) mass is 280 g/mol. The van der Waals surface area contributed by atoms with Crippen LogP contribution in [0.5, 0.6) is 0 Å². The van der Waals surface area contributed by atoms with Crippen molar-refractivity contribution in [1.82, 2.24) is 0 Å². The highest BCUT2D eigenvalue weighted by atomic mass is 31.2. The molecule has 0 heterocycles. The first-order valence-electron chi connectivity index (χ1n) is 5.37. The fourth-order valence-corrected chi connectivity index (χ4v) is 1.91. The number of hydrogen-bond donors (Lipinski definition) is 1. The van der Waals surface area contributed by atoms with Crippen LogP contribution in [0, 0.1) is 0 Å². The van der Waals surface area contributed by atoms with Crippen LogP contribution in [0.2, 0.25) is 0 Å². The van der Waals surface area contributed by atoms with Gasteiger partial charge < -0.3 is 14.4 Å². The van der Waals surface area contributed by atoms with E-state index < -0.39 is 31.6 Å². The molecule has 0 saturated heterocycles. The van der Waals surface area contributed by atoms with Crippen molar-refractivity contribution in [2.45, 2.75) is 26.4 Å². The Morgan fingerprint density at radius 3 is 2.44 bits per heavy atom. The lowest BCUT2D eigenvalue weighted by Gasteiger charge is -2.18. The van der Waals surface area contributed by atoms with Gasteiger partial charge in [0.25, 0.3) is 0 Å². The van der Waals surface area contributed by atoms with Gasteiger partial charge in [0, 0.05) is 6.61 Å². The fourth-order valence-electron chi connectivity index (χ4n) is 0.977. The molecule has 2 atom stereocenters. The van der Waals surface area contributed by atoms with E-state index in [1.54, 1.807) is 13.8 Å². The quantitative estimate of drug-likeness (QED) is 0.176. The molecule has 18 heavy (non-hydrogen) atoms. The zero-order valence-corrected chi connectivity index (χ0v) is 11.4. The first-order chi connectivity index (χ1) is 8.40. The van der Waals surface area contributed by atoms with Gasteiger partial charge >= 0.3 is 13.6 Å². The normalized spacial score (nSPS) is 15.3. The van der Waals surface area contributed by atoms with Gasteiger partial charge in [0.1, 0.15) is 17.2 Å². The molecule has 0 aromatic rings. The Kier molecular flexibility index (Phi) is 7.75. The van der Waals surface area contributed by atoms with Gasteiger partial charge in [-0.1, -0.05) is 0 Å². The van der Waals surface area contributed by atoms with Gasteiger partial charge in [-0.05, 0) is 20.8 Å². The van der Waals surface area contributed by atoms with E-state index in [1.807, 2.05) is 0 Å². The van der Waals surface area contributed by atoms with Crippen molar-refractivity contribution in [3.63, 3.8) is 0 Å². The second kappa shape index (κ2) is 8.19. The molecule has 0 amide bonds. The minimum atomic E-state index is -4.19. The predicted octanol–water partition coefficient (Wildman–Crippen LogP) is 0.892. The number of ether oxygens (including phenoxy) is 2. The topological polar surface area (TPSA) is 99.1 Å². The number of hydrogen-bond acceptors (Lipinski definition) is 6. The lowest BCUT2D eigenvalue weighted by atomic mass is 10.2. The Morgan fingerprint density at radius 1 is 1.39 bits per heavy atom. The molecule has 0 saturated carbocycles. The van der Waals surface area contributed by atoms with Crippen LogP contribution < -0.4 is 0 Å². The molecule has 0 aliphatic heterocycles. The standard InChI is InChI=1S/C10H17O7P/c1-4-15-7-17-18(13,14)8(3)9(6-11)10(12)16-5-2/h8H,4-5,7H2,1-3H3,(H,13,14). The fraction of sp³-hybridized carbons (Fsp3) is 0.700. The van der Waals surface area contributed by atoms with E-state index in [1.165, 1.54) is 12.9 Å². The average molecular weight is 280 g/mol. The number of carbonyl (C=O) groups excluding carboxylic acids is 2. The highest BCUT2D eigenvalue weighted by Crippen LogP contribution is 2.49. The maximum absolute atomic E-state index is 11.7. The Labute approximate surface area is 105 Å². The molecular formula is C10H17O7P. The second-order valence-corrected chi connectivity index (χ2v) is 5.38. The lowest BCUT2D eigenvalue weighted by molar-refractivity contribution is -0.138. The lowest BCUT2D eigenvalue weighted by Crippen LogP contribution is -2.20. The van der Waals surface area contributed by atoms with E-state index in [0.29, 0.717) is 6.61 Å². The third-order valence-corrected chi connectivity index (χ3v) is 3.75. The van der Waals surface area contributed by atoms with E-state index in [2.05, 4.69) is 9.26 Å². The molecule has 0 rings (SSSR count). The van der Waals surface area contributed by atoms with Crippen LogP contribution in [0.4, 0.5) is 0 Å². The third-order valence-electron chi connectivity index (χ3n) is 2.04. The molecule has 0 aliphatic rings. The van der Waals surface area contributed by atoms with E-state index in [4.69, 9.17) is 4.74 Å². The molecule has 0 spiro atoms. The molecule has 0 aliphatic carbocycles. The molecule has 7 nitrogen and oxygen atoms in total. The van der Waals surface area contributed by atoms with E-state index >= 15 is 0 Å². The maximum Gasteiger partial charge on any atom is 0.346 e. The number of esters is 1. The van der Waals surface area contributed by atoms with Crippen molar-refractivity contribution in [1.29, 1.82) is 0 Å². The van der Waals surface area contributed by atoms with Crippen molar-refractivity contribution < 1.29 is 33.0 Å². The first kappa shape index (κ1) is 17.0. The zero-order chi connectivity index (χ0) is 14.2. The summed E-state index contributed by atoms with van der Waals surface area (Å²) in [5, 5.41) is 0. The average Bonchev–Trinajstić information content (AvgIpc) is 2.30. The maximum atomic E-state index is 11.7. The molecule has 0 radical (unpaired) electrons. The smallest absolute Gasteiger partial charge is 0.346 e. The van der Waals surface area contributed by atoms with Gasteiger partial charge in [0.2, 0.25) is 0 Å². The van der Waals surface area contributed by atoms with Crippen molar-refractivity contribution in [2.75, 3.05) is 20.0 Å². The van der Waals surface area contributed by atoms with Gasteiger partial charge in [-0.2, -0.15) is 0 Å². The van der Waals surface area contributed by atoms with E-state index in [-0.39, 0.29) is 6.61 Å². The minimum Gasteiger partial charge on any atom is -0.462 e. The van der Waals surface area contributed by atoms with Gasteiger partial charge in [-0.3, -0.25) is 9.09 Å². The van der Waals surface area contributed by atoms with Crippen molar-refractivity contribution >= 4 is 19.5 Å². The molecule has 2 unspecified atom stereocenters. The van der Waals surface area contributed by atoms with Crippen molar-refractivity contribution in [2.24, 2.45) is 0 Å². The van der Waals surface area contributed by atoms with Crippen LogP contribution in [0.1, 0.15) is 20.8 Å². The highest BCUT2D eigenvalue weighted by molar-refractivity contribution is 7.54. The molecule has 0 fully saturated rings. The Balaban J connectivity index is 4.77. The van der Waals surface area contributed by atoms with Crippen LogP contribution in [0.25, 0.3) is 0 Å². The Morgan fingerprint density at radius 2 is 2.00 bits per heavy atom. The summed E-state index contributed by atoms with van der Waals surface area (Å²) in [7, 11) is -4.19.